The fourth-order valence-corrected chi connectivity index (χ4v) is 4.45. The summed E-state index contributed by atoms with van der Waals surface area (Å²) in [6.45, 7) is 2.36. The van der Waals surface area contributed by atoms with E-state index in [4.69, 9.17) is 4.74 Å². The van der Waals surface area contributed by atoms with Crippen LogP contribution in [0, 0.1) is 35.5 Å². The van der Waals surface area contributed by atoms with Gasteiger partial charge >= 0.3 is 5.97 Å². The Labute approximate surface area is 83.3 Å². The monoisotopic (exact) mass is 190 g/mol. The van der Waals surface area contributed by atoms with E-state index in [0.29, 0.717) is 6.61 Å². The lowest BCUT2D eigenvalue weighted by atomic mass is 9.95. The molecule has 0 spiro atoms. The Morgan fingerprint density at radius 3 is 2.57 bits per heavy atom. The largest absolute Gasteiger partial charge is 0.463 e. The minimum absolute atomic E-state index is 0.111. The van der Waals surface area contributed by atoms with Crippen LogP contribution in [-0.2, 0) is 9.53 Å². The van der Waals surface area contributed by atoms with Crippen LogP contribution in [0.4, 0.5) is 0 Å². The smallest absolute Gasteiger partial charge is 0.330 e. The van der Waals surface area contributed by atoms with Crippen LogP contribution in [0.15, 0.2) is 11.6 Å². The van der Waals surface area contributed by atoms with E-state index in [1.54, 1.807) is 0 Å². The minimum atomic E-state index is -0.111. The van der Waals surface area contributed by atoms with Crippen molar-refractivity contribution in [2.75, 3.05) is 6.61 Å². The first kappa shape index (κ1) is 7.49. The molecular formula is C12H14O2. The number of allylic oxidation sites excluding steroid dienone is 1. The zero-order valence-electron chi connectivity index (χ0n) is 8.27. The Kier molecular flexibility index (Phi) is 1.11. The standard InChI is InChI=1S/C12H14O2/c1-2-14-8(13)4-7-9-5-3-6-10(7)12(6)11(5)9/h4-6,9-12H,2-3H2,1H3/t5-,6?,9-,10?,11?,12?/m1/s1. The van der Waals surface area contributed by atoms with E-state index in [2.05, 4.69) is 0 Å². The van der Waals surface area contributed by atoms with E-state index in [0.717, 1.165) is 35.5 Å². The molecule has 4 rings (SSSR count). The van der Waals surface area contributed by atoms with Crippen LogP contribution < -0.4 is 0 Å². The Morgan fingerprint density at radius 2 is 2.07 bits per heavy atom. The summed E-state index contributed by atoms with van der Waals surface area (Å²) in [4.78, 5) is 11.4. The van der Waals surface area contributed by atoms with Gasteiger partial charge < -0.3 is 4.74 Å². The molecule has 4 fully saturated rings. The van der Waals surface area contributed by atoms with Gasteiger partial charge in [0.25, 0.3) is 0 Å². The highest BCUT2D eigenvalue weighted by molar-refractivity contribution is 5.83. The zero-order chi connectivity index (χ0) is 9.45. The van der Waals surface area contributed by atoms with Crippen LogP contribution in [-0.4, -0.2) is 12.6 Å². The lowest BCUT2D eigenvalue weighted by Crippen LogP contribution is -2.07. The molecule has 4 unspecified atom stereocenters. The van der Waals surface area contributed by atoms with Crippen molar-refractivity contribution >= 4 is 5.97 Å². The number of ether oxygens (including phenoxy) is 1. The fourth-order valence-electron chi connectivity index (χ4n) is 4.45. The molecule has 0 saturated heterocycles. The van der Waals surface area contributed by atoms with Gasteiger partial charge in [-0.1, -0.05) is 5.57 Å². The van der Waals surface area contributed by atoms with Crippen LogP contribution in [0.1, 0.15) is 13.3 Å². The number of fused-ring (bicyclic) bond motifs is 2. The van der Waals surface area contributed by atoms with Crippen molar-refractivity contribution in [2.24, 2.45) is 35.5 Å². The predicted molar refractivity (Wildman–Crippen MR) is 50.3 cm³/mol. The van der Waals surface area contributed by atoms with E-state index in [1.165, 1.54) is 12.0 Å². The maximum Gasteiger partial charge on any atom is 0.330 e. The van der Waals surface area contributed by atoms with Crippen molar-refractivity contribution in [3.05, 3.63) is 11.6 Å². The molecule has 74 valence electrons. The highest BCUT2D eigenvalue weighted by Crippen LogP contribution is 2.86. The quantitative estimate of drug-likeness (QED) is 0.488. The third kappa shape index (κ3) is 0.656. The Balaban J connectivity index is 1.61. The van der Waals surface area contributed by atoms with Gasteiger partial charge in [0.1, 0.15) is 0 Å². The molecule has 0 radical (unpaired) electrons. The third-order valence-corrected chi connectivity index (χ3v) is 4.79. The number of hydrogen-bond acceptors (Lipinski definition) is 2. The topological polar surface area (TPSA) is 26.3 Å². The summed E-state index contributed by atoms with van der Waals surface area (Å²) in [5.41, 5.74) is 1.46. The maximum absolute atomic E-state index is 11.4. The SMILES string of the molecule is CCOC(=O)C=C1C2C3C[C@H]4C(C32)[C@@H]14. The van der Waals surface area contributed by atoms with Crippen LogP contribution in [0.3, 0.4) is 0 Å². The minimum Gasteiger partial charge on any atom is -0.463 e. The van der Waals surface area contributed by atoms with E-state index < -0.39 is 0 Å². The first-order chi connectivity index (χ1) is 6.83. The summed E-state index contributed by atoms with van der Waals surface area (Å²) in [7, 11) is 0. The third-order valence-electron chi connectivity index (χ3n) is 4.79. The molecule has 0 aliphatic heterocycles. The molecule has 4 saturated carbocycles. The van der Waals surface area contributed by atoms with Gasteiger partial charge in [0, 0.05) is 6.08 Å². The molecule has 0 aromatic carbocycles. The van der Waals surface area contributed by atoms with Crippen molar-refractivity contribution in [1.82, 2.24) is 0 Å². The van der Waals surface area contributed by atoms with Crippen LogP contribution in [0.5, 0.6) is 0 Å². The Hall–Kier alpha value is -0.790. The molecule has 6 atom stereocenters. The first-order valence-electron chi connectivity index (χ1n) is 5.71. The van der Waals surface area contributed by atoms with E-state index in [-0.39, 0.29) is 5.97 Å². The molecule has 2 nitrogen and oxygen atoms in total. The van der Waals surface area contributed by atoms with Gasteiger partial charge in [-0.3, -0.25) is 0 Å². The van der Waals surface area contributed by atoms with Crippen molar-refractivity contribution in [3.63, 3.8) is 0 Å². The second kappa shape index (κ2) is 2.07. The normalized spacial score (nSPS) is 57.4. The molecule has 0 aromatic rings. The molecule has 2 heteroatoms. The van der Waals surface area contributed by atoms with Gasteiger partial charge in [-0.15, -0.1) is 0 Å². The Bertz CT molecular complexity index is 335. The van der Waals surface area contributed by atoms with Crippen molar-refractivity contribution in [3.8, 4) is 0 Å². The van der Waals surface area contributed by atoms with E-state index in [1.807, 2.05) is 13.0 Å². The lowest BCUT2D eigenvalue weighted by Gasteiger charge is -2.11. The molecule has 0 heterocycles. The van der Waals surface area contributed by atoms with Gasteiger partial charge in [-0.2, -0.15) is 0 Å². The van der Waals surface area contributed by atoms with Crippen molar-refractivity contribution in [2.45, 2.75) is 13.3 Å². The highest BCUT2D eigenvalue weighted by Gasteiger charge is 2.81. The van der Waals surface area contributed by atoms with E-state index >= 15 is 0 Å². The van der Waals surface area contributed by atoms with Crippen LogP contribution >= 0.6 is 0 Å². The molecule has 4 aliphatic rings. The van der Waals surface area contributed by atoms with Crippen LogP contribution in [0.2, 0.25) is 0 Å². The molecule has 4 aliphatic carbocycles. The molecule has 0 bridgehead atoms. The molecular weight excluding hydrogens is 176 g/mol. The van der Waals surface area contributed by atoms with Gasteiger partial charge in [0.2, 0.25) is 0 Å². The summed E-state index contributed by atoms with van der Waals surface area (Å²) < 4.78 is 4.97. The zero-order valence-corrected chi connectivity index (χ0v) is 8.27. The van der Waals surface area contributed by atoms with E-state index in [9.17, 15) is 4.79 Å². The number of hydrogen-bond donors (Lipinski definition) is 0. The number of rotatable bonds is 2. The molecule has 0 amide bonds. The molecule has 0 N–H and O–H groups in total. The molecule has 0 aromatic heterocycles. The summed E-state index contributed by atoms with van der Waals surface area (Å²) in [6.07, 6.45) is 3.27. The summed E-state index contributed by atoms with van der Waals surface area (Å²) in [5.74, 6) is 5.42. The Morgan fingerprint density at radius 1 is 1.43 bits per heavy atom. The second-order valence-corrected chi connectivity index (χ2v) is 5.17. The van der Waals surface area contributed by atoms with Gasteiger partial charge in [-0.05, 0) is 48.9 Å². The number of esters is 1. The summed E-state index contributed by atoms with van der Waals surface area (Å²) >= 11 is 0. The number of carbonyl (C=O) groups excluding carboxylic acids is 1. The van der Waals surface area contributed by atoms with Gasteiger partial charge in [0.15, 0.2) is 0 Å². The molecule has 14 heavy (non-hydrogen) atoms. The number of carbonyl (C=O) groups is 1. The summed E-state index contributed by atoms with van der Waals surface area (Å²) in [5, 5.41) is 0. The van der Waals surface area contributed by atoms with Crippen LogP contribution in [0.25, 0.3) is 0 Å². The van der Waals surface area contributed by atoms with Crippen molar-refractivity contribution < 1.29 is 9.53 Å². The van der Waals surface area contributed by atoms with Crippen molar-refractivity contribution in [1.29, 1.82) is 0 Å². The maximum atomic E-state index is 11.4. The highest BCUT2D eigenvalue weighted by atomic mass is 16.5. The van der Waals surface area contributed by atoms with Gasteiger partial charge in [0.05, 0.1) is 6.61 Å². The average molecular weight is 190 g/mol. The fraction of sp³-hybridized carbons (Fsp3) is 0.750. The first-order valence-corrected chi connectivity index (χ1v) is 5.71. The average Bonchev–Trinajstić information content (AvgIpc) is 2.97. The second-order valence-electron chi connectivity index (χ2n) is 5.17. The van der Waals surface area contributed by atoms with Gasteiger partial charge in [-0.25, -0.2) is 4.79 Å². The predicted octanol–water partition coefficient (Wildman–Crippen LogP) is 1.62. The lowest BCUT2D eigenvalue weighted by molar-refractivity contribution is -0.137. The summed E-state index contributed by atoms with van der Waals surface area (Å²) in [6, 6.07) is 0.